The van der Waals surface area contributed by atoms with Crippen molar-refractivity contribution in [1.82, 2.24) is 0 Å². The highest BCUT2D eigenvalue weighted by atomic mass is 32.2. The quantitative estimate of drug-likeness (QED) is 0.673. The van der Waals surface area contributed by atoms with Crippen molar-refractivity contribution in [3.63, 3.8) is 0 Å². The lowest BCUT2D eigenvalue weighted by molar-refractivity contribution is 0.890. The Hall–Kier alpha value is -0.440. The Balaban J connectivity index is 0.000000671. The van der Waals surface area contributed by atoms with Crippen molar-refractivity contribution < 1.29 is 0 Å². The van der Waals surface area contributed by atoms with Gasteiger partial charge in [0.25, 0.3) is 0 Å². The van der Waals surface area contributed by atoms with E-state index in [0.717, 1.165) is 35.6 Å². The van der Waals surface area contributed by atoms with Crippen LogP contribution in [-0.4, -0.2) is 11.5 Å². The largest absolute Gasteiger partial charge is 0.401 e. The molecule has 13 heavy (non-hydrogen) atoms. The smallest absolute Gasteiger partial charge is 0.0468 e. The van der Waals surface area contributed by atoms with Gasteiger partial charge in [-0.05, 0) is 25.0 Å². The Morgan fingerprint density at radius 2 is 2.15 bits per heavy atom. The first-order valence-corrected chi connectivity index (χ1v) is 5.93. The predicted molar refractivity (Wildman–Crippen MR) is 62.3 cm³/mol. The summed E-state index contributed by atoms with van der Waals surface area (Å²) in [5.74, 6) is 1.12. The van der Waals surface area contributed by atoms with Crippen LogP contribution in [0.4, 0.5) is 0 Å². The van der Waals surface area contributed by atoms with Crippen LogP contribution in [0.2, 0.25) is 0 Å². The molecule has 0 saturated carbocycles. The summed E-state index contributed by atoms with van der Waals surface area (Å²) in [6.45, 7) is 6.00. The molecule has 0 aromatic rings. The summed E-state index contributed by atoms with van der Waals surface area (Å²) in [6, 6.07) is 0. The summed E-state index contributed by atoms with van der Waals surface area (Å²) in [4.78, 5) is 1.04. The minimum atomic E-state index is 0.701. The second kappa shape index (κ2) is 7.01. The standard InChI is InChI=1S/C8H14N2S.C2H6/c1-2-6(9)8-7(10)4-3-5-11-8;1-2/h9H,2-5,10H2,1H3;1-2H3. The zero-order chi connectivity index (χ0) is 10.3. The molecule has 0 unspecified atom stereocenters. The number of thioether (sulfide) groups is 1. The molecule has 0 bridgehead atoms. The van der Waals surface area contributed by atoms with E-state index in [2.05, 4.69) is 0 Å². The molecule has 0 saturated heterocycles. The zero-order valence-corrected chi connectivity index (χ0v) is 9.63. The molecule has 1 aliphatic heterocycles. The third-order valence-electron chi connectivity index (χ3n) is 1.76. The van der Waals surface area contributed by atoms with Crippen LogP contribution in [0.3, 0.4) is 0 Å². The first-order chi connectivity index (χ1) is 6.25. The Kier molecular flexibility index (Phi) is 6.77. The zero-order valence-electron chi connectivity index (χ0n) is 8.81. The second-order valence-corrected chi connectivity index (χ2v) is 3.74. The molecule has 1 heterocycles. The minimum Gasteiger partial charge on any atom is -0.401 e. The molecule has 0 aromatic carbocycles. The number of hydrogen-bond acceptors (Lipinski definition) is 3. The minimum absolute atomic E-state index is 0.701. The SMILES string of the molecule is CC.CCC(=N)C1=C(N)CCCS1. The van der Waals surface area contributed by atoms with Gasteiger partial charge in [0.2, 0.25) is 0 Å². The fraction of sp³-hybridized carbons (Fsp3) is 0.700. The Morgan fingerprint density at radius 3 is 2.62 bits per heavy atom. The molecule has 1 rings (SSSR count). The lowest BCUT2D eigenvalue weighted by atomic mass is 10.2. The summed E-state index contributed by atoms with van der Waals surface area (Å²) in [5.41, 5.74) is 7.40. The third kappa shape index (κ3) is 3.85. The topological polar surface area (TPSA) is 49.9 Å². The molecular formula is C10H20N2S. The molecule has 0 radical (unpaired) electrons. The van der Waals surface area contributed by atoms with Crippen LogP contribution in [-0.2, 0) is 0 Å². The van der Waals surface area contributed by atoms with Gasteiger partial charge >= 0.3 is 0 Å². The molecule has 3 N–H and O–H groups in total. The average Bonchev–Trinajstić information content (AvgIpc) is 2.20. The van der Waals surface area contributed by atoms with E-state index in [1.54, 1.807) is 11.8 Å². The van der Waals surface area contributed by atoms with Crippen LogP contribution in [0.1, 0.15) is 40.0 Å². The number of nitrogens with one attached hydrogen (secondary N) is 1. The molecule has 3 heteroatoms. The number of hydrogen-bond donors (Lipinski definition) is 2. The van der Waals surface area contributed by atoms with Gasteiger partial charge < -0.3 is 11.1 Å². The number of rotatable bonds is 2. The van der Waals surface area contributed by atoms with Crippen molar-refractivity contribution in [3.8, 4) is 0 Å². The van der Waals surface area contributed by atoms with Gasteiger partial charge in [0.15, 0.2) is 0 Å². The molecular weight excluding hydrogens is 180 g/mol. The highest BCUT2D eigenvalue weighted by molar-refractivity contribution is 8.04. The lowest BCUT2D eigenvalue weighted by Gasteiger charge is -2.16. The molecule has 0 aromatic heterocycles. The van der Waals surface area contributed by atoms with E-state index in [1.807, 2.05) is 20.8 Å². The summed E-state index contributed by atoms with van der Waals surface area (Å²) in [6.07, 6.45) is 2.94. The molecule has 2 nitrogen and oxygen atoms in total. The Bertz CT molecular complexity index is 197. The molecule has 0 spiro atoms. The van der Waals surface area contributed by atoms with Crippen molar-refractivity contribution in [2.24, 2.45) is 5.73 Å². The second-order valence-electron chi connectivity index (χ2n) is 2.64. The molecule has 0 fully saturated rings. The average molecular weight is 200 g/mol. The van der Waals surface area contributed by atoms with Crippen molar-refractivity contribution in [2.75, 3.05) is 5.75 Å². The van der Waals surface area contributed by atoms with Crippen molar-refractivity contribution in [2.45, 2.75) is 40.0 Å². The maximum Gasteiger partial charge on any atom is 0.0468 e. The lowest BCUT2D eigenvalue weighted by Crippen LogP contribution is -2.12. The third-order valence-corrected chi connectivity index (χ3v) is 3.05. The Morgan fingerprint density at radius 1 is 1.54 bits per heavy atom. The fourth-order valence-electron chi connectivity index (χ4n) is 1.08. The van der Waals surface area contributed by atoms with Gasteiger partial charge in [0, 0.05) is 16.3 Å². The first kappa shape index (κ1) is 12.6. The van der Waals surface area contributed by atoms with Gasteiger partial charge in [0.05, 0.1) is 0 Å². The van der Waals surface area contributed by atoms with Crippen LogP contribution < -0.4 is 5.73 Å². The highest BCUT2D eigenvalue weighted by Crippen LogP contribution is 2.28. The molecule has 76 valence electrons. The molecule has 1 aliphatic rings. The highest BCUT2D eigenvalue weighted by Gasteiger charge is 2.13. The molecule has 0 aliphatic carbocycles. The first-order valence-electron chi connectivity index (χ1n) is 4.95. The van der Waals surface area contributed by atoms with E-state index in [4.69, 9.17) is 11.1 Å². The van der Waals surface area contributed by atoms with Crippen LogP contribution in [0.25, 0.3) is 0 Å². The van der Waals surface area contributed by atoms with E-state index in [1.165, 1.54) is 0 Å². The van der Waals surface area contributed by atoms with Crippen molar-refractivity contribution >= 4 is 17.5 Å². The summed E-state index contributed by atoms with van der Waals surface area (Å²) in [7, 11) is 0. The van der Waals surface area contributed by atoms with Crippen LogP contribution >= 0.6 is 11.8 Å². The maximum atomic E-state index is 7.60. The van der Waals surface area contributed by atoms with Crippen LogP contribution in [0.5, 0.6) is 0 Å². The van der Waals surface area contributed by atoms with Gasteiger partial charge in [-0.3, -0.25) is 0 Å². The summed E-state index contributed by atoms with van der Waals surface area (Å²) < 4.78 is 0. The Labute approximate surface area is 85.5 Å². The van der Waals surface area contributed by atoms with Gasteiger partial charge in [-0.15, -0.1) is 11.8 Å². The number of allylic oxidation sites excluding steroid dienone is 2. The van der Waals surface area contributed by atoms with Crippen LogP contribution in [0.15, 0.2) is 10.6 Å². The van der Waals surface area contributed by atoms with Crippen LogP contribution in [0, 0.1) is 5.41 Å². The van der Waals surface area contributed by atoms with E-state index >= 15 is 0 Å². The summed E-state index contributed by atoms with van der Waals surface area (Å²) in [5, 5.41) is 7.60. The summed E-state index contributed by atoms with van der Waals surface area (Å²) >= 11 is 1.73. The number of nitrogens with two attached hydrogens (primary N) is 1. The van der Waals surface area contributed by atoms with Gasteiger partial charge in [-0.1, -0.05) is 20.8 Å². The maximum absolute atomic E-state index is 7.60. The molecule has 0 amide bonds. The van der Waals surface area contributed by atoms with Gasteiger partial charge in [0.1, 0.15) is 0 Å². The van der Waals surface area contributed by atoms with E-state index in [-0.39, 0.29) is 0 Å². The van der Waals surface area contributed by atoms with E-state index in [9.17, 15) is 0 Å². The monoisotopic (exact) mass is 200 g/mol. The van der Waals surface area contributed by atoms with Gasteiger partial charge in [-0.25, -0.2) is 0 Å². The van der Waals surface area contributed by atoms with Gasteiger partial charge in [-0.2, -0.15) is 0 Å². The van der Waals surface area contributed by atoms with E-state index < -0.39 is 0 Å². The van der Waals surface area contributed by atoms with E-state index in [0.29, 0.717) is 5.71 Å². The van der Waals surface area contributed by atoms with Crippen molar-refractivity contribution in [1.29, 1.82) is 5.41 Å². The fourth-order valence-corrected chi connectivity index (χ4v) is 2.18. The predicted octanol–water partition coefficient (Wildman–Crippen LogP) is 3.14. The molecule has 0 atom stereocenters. The van der Waals surface area contributed by atoms with Crippen molar-refractivity contribution in [3.05, 3.63) is 10.6 Å². The normalized spacial score (nSPS) is 16.2.